The number of rotatable bonds is 4. The molecule has 0 amide bonds. The highest BCUT2D eigenvalue weighted by Gasteiger charge is 2.02. The first-order chi connectivity index (χ1) is 9.21. The van der Waals surface area contributed by atoms with Gasteiger partial charge >= 0.3 is 0 Å². The van der Waals surface area contributed by atoms with Crippen LogP contribution < -0.4 is 15.4 Å². The lowest BCUT2D eigenvalue weighted by Gasteiger charge is -2.08. The first-order valence-corrected chi connectivity index (χ1v) is 5.63. The van der Waals surface area contributed by atoms with Crippen molar-refractivity contribution in [1.29, 1.82) is 5.26 Å². The number of nitriles is 1. The highest BCUT2D eigenvalue weighted by molar-refractivity contribution is 5.61. The molecule has 0 aliphatic heterocycles. The Hall–Kier alpha value is -2.81. The summed E-state index contributed by atoms with van der Waals surface area (Å²) in [4.78, 5) is 8.34. The number of aromatic nitrogens is 2. The fraction of sp³-hybridized carbons (Fsp3) is 0.154. The van der Waals surface area contributed by atoms with Crippen molar-refractivity contribution >= 4 is 17.3 Å². The van der Waals surface area contributed by atoms with Gasteiger partial charge in [0.05, 0.1) is 7.11 Å². The largest absolute Gasteiger partial charge is 0.497 e. The molecular formula is C13H13N5O. The van der Waals surface area contributed by atoms with Gasteiger partial charge in [-0.25, -0.2) is 9.97 Å². The molecule has 0 atom stereocenters. The molecule has 1 aromatic heterocycles. The Labute approximate surface area is 111 Å². The molecule has 1 aromatic carbocycles. The Morgan fingerprint density at radius 2 is 2.00 bits per heavy atom. The highest BCUT2D eigenvalue weighted by Crippen LogP contribution is 2.21. The number of benzene rings is 1. The van der Waals surface area contributed by atoms with E-state index in [4.69, 9.17) is 10.00 Å². The van der Waals surface area contributed by atoms with Crippen molar-refractivity contribution in [3.8, 4) is 11.9 Å². The summed E-state index contributed by atoms with van der Waals surface area (Å²) in [7, 11) is 1.61. The molecular weight excluding hydrogens is 242 g/mol. The number of methoxy groups -OCH3 is 1. The molecule has 0 aliphatic rings. The first-order valence-electron chi connectivity index (χ1n) is 5.63. The van der Waals surface area contributed by atoms with Crippen LogP contribution in [0.2, 0.25) is 0 Å². The number of hydrogen-bond donors (Lipinski definition) is 2. The van der Waals surface area contributed by atoms with Crippen molar-refractivity contribution in [3.63, 3.8) is 0 Å². The van der Waals surface area contributed by atoms with E-state index in [1.807, 2.05) is 30.5 Å². The van der Waals surface area contributed by atoms with E-state index in [1.165, 1.54) is 0 Å². The van der Waals surface area contributed by atoms with Crippen molar-refractivity contribution < 1.29 is 4.74 Å². The molecule has 0 radical (unpaired) electrons. The van der Waals surface area contributed by atoms with Crippen molar-refractivity contribution in [3.05, 3.63) is 36.2 Å². The van der Waals surface area contributed by atoms with Crippen molar-refractivity contribution in [2.75, 3.05) is 17.7 Å². The Morgan fingerprint density at radius 1 is 1.21 bits per heavy atom. The van der Waals surface area contributed by atoms with Gasteiger partial charge in [-0.15, -0.1) is 0 Å². The van der Waals surface area contributed by atoms with E-state index in [1.54, 1.807) is 20.1 Å². The van der Waals surface area contributed by atoms with Gasteiger partial charge in [0, 0.05) is 17.8 Å². The number of aryl methyl sites for hydroxylation is 1. The molecule has 0 unspecified atom stereocenters. The summed E-state index contributed by atoms with van der Waals surface area (Å²) in [6, 6.07) is 9.16. The second kappa shape index (κ2) is 5.69. The minimum absolute atomic E-state index is 0.459. The van der Waals surface area contributed by atoms with E-state index in [0.717, 1.165) is 11.4 Å². The highest BCUT2D eigenvalue weighted by atomic mass is 16.5. The normalized spacial score (nSPS) is 9.53. The van der Waals surface area contributed by atoms with Crippen LogP contribution in [0.4, 0.5) is 17.3 Å². The average Bonchev–Trinajstić information content (AvgIpc) is 2.38. The molecule has 0 aliphatic carbocycles. The molecule has 19 heavy (non-hydrogen) atoms. The maximum Gasteiger partial charge on any atom is 0.182 e. The topological polar surface area (TPSA) is 82.9 Å². The molecule has 2 aromatic rings. The Bertz CT molecular complexity index is 621. The Balaban J connectivity index is 2.25. The van der Waals surface area contributed by atoms with Crippen LogP contribution in [0.5, 0.6) is 5.75 Å². The van der Waals surface area contributed by atoms with E-state index < -0.39 is 0 Å². The lowest BCUT2D eigenvalue weighted by atomic mass is 10.3. The van der Waals surface area contributed by atoms with Crippen molar-refractivity contribution in [2.45, 2.75) is 6.92 Å². The van der Waals surface area contributed by atoms with Crippen LogP contribution in [0.15, 0.2) is 30.3 Å². The zero-order chi connectivity index (χ0) is 13.7. The minimum atomic E-state index is 0.459. The fourth-order valence-electron chi connectivity index (χ4n) is 1.60. The molecule has 2 N–H and O–H groups in total. The third-order valence-corrected chi connectivity index (χ3v) is 2.36. The van der Waals surface area contributed by atoms with Gasteiger partial charge in [0.2, 0.25) is 0 Å². The van der Waals surface area contributed by atoms with Crippen LogP contribution in [0.1, 0.15) is 5.82 Å². The summed E-state index contributed by atoms with van der Waals surface area (Å²) in [5, 5.41) is 14.2. The van der Waals surface area contributed by atoms with Gasteiger partial charge in [0.1, 0.15) is 23.2 Å². The lowest BCUT2D eigenvalue weighted by molar-refractivity contribution is 0.415. The van der Waals surface area contributed by atoms with Gasteiger partial charge in [-0.1, -0.05) is 6.07 Å². The van der Waals surface area contributed by atoms with Crippen LogP contribution in [0, 0.1) is 18.4 Å². The third-order valence-electron chi connectivity index (χ3n) is 2.36. The Kier molecular flexibility index (Phi) is 3.78. The van der Waals surface area contributed by atoms with Crippen molar-refractivity contribution in [2.24, 2.45) is 0 Å². The maximum atomic E-state index is 8.60. The first kappa shape index (κ1) is 12.6. The lowest BCUT2D eigenvalue weighted by Crippen LogP contribution is -2.01. The molecule has 0 saturated carbocycles. The van der Waals surface area contributed by atoms with E-state index in [9.17, 15) is 0 Å². The van der Waals surface area contributed by atoms with Gasteiger partial charge in [-0.2, -0.15) is 5.26 Å². The zero-order valence-corrected chi connectivity index (χ0v) is 10.6. The van der Waals surface area contributed by atoms with Gasteiger partial charge < -0.3 is 10.1 Å². The number of hydrogen-bond acceptors (Lipinski definition) is 6. The number of anilines is 3. The summed E-state index contributed by atoms with van der Waals surface area (Å²) in [6.07, 6.45) is 1.83. The zero-order valence-electron chi connectivity index (χ0n) is 10.6. The SMILES string of the molecule is COc1cccc(Nc2cc(NC#N)nc(C)n2)c1. The maximum absolute atomic E-state index is 8.60. The minimum Gasteiger partial charge on any atom is -0.497 e. The van der Waals surface area contributed by atoms with E-state index >= 15 is 0 Å². The second-order valence-corrected chi connectivity index (χ2v) is 3.78. The van der Waals surface area contributed by atoms with E-state index in [-0.39, 0.29) is 0 Å². The molecule has 96 valence electrons. The second-order valence-electron chi connectivity index (χ2n) is 3.78. The molecule has 0 fully saturated rings. The molecule has 0 spiro atoms. The summed E-state index contributed by atoms with van der Waals surface area (Å²) >= 11 is 0. The number of nitrogens with zero attached hydrogens (tertiary/aromatic N) is 3. The molecule has 6 nitrogen and oxygen atoms in total. The quantitative estimate of drug-likeness (QED) is 0.645. The summed E-state index contributed by atoms with van der Waals surface area (Å²) in [5.41, 5.74) is 0.848. The molecule has 2 rings (SSSR count). The van der Waals surface area contributed by atoms with Gasteiger partial charge in [0.15, 0.2) is 6.19 Å². The average molecular weight is 255 g/mol. The van der Waals surface area contributed by atoms with E-state index in [0.29, 0.717) is 17.5 Å². The number of ether oxygens (including phenoxy) is 1. The molecule has 0 saturated heterocycles. The van der Waals surface area contributed by atoms with Crippen LogP contribution >= 0.6 is 0 Å². The molecule has 6 heteroatoms. The van der Waals surface area contributed by atoms with Crippen LogP contribution in [0.3, 0.4) is 0 Å². The Morgan fingerprint density at radius 3 is 2.74 bits per heavy atom. The van der Waals surface area contributed by atoms with Crippen molar-refractivity contribution in [1.82, 2.24) is 9.97 Å². The summed E-state index contributed by atoms with van der Waals surface area (Å²) < 4.78 is 5.15. The molecule has 1 heterocycles. The van der Waals surface area contributed by atoms with Crippen LogP contribution in [-0.4, -0.2) is 17.1 Å². The fourth-order valence-corrected chi connectivity index (χ4v) is 1.60. The third kappa shape index (κ3) is 3.33. The van der Waals surface area contributed by atoms with Crippen LogP contribution in [-0.2, 0) is 0 Å². The van der Waals surface area contributed by atoms with Gasteiger partial charge in [0.25, 0.3) is 0 Å². The monoisotopic (exact) mass is 255 g/mol. The van der Waals surface area contributed by atoms with Gasteiger partial charge in [-0.3, -0.25) is 5.32 Å². The predicted molar refractivity (Wildman–Crippen MR) is 72.3 cm³/mol. The summed E-state index contributed by atoms with van der Waals surface area (Å²) in [6.45, 7) is 1.76. The van der Waals surface area contributed by atoms with Crippen LogP contribution in [0.25, 0.3) is 0 Å². The summed E-state index contributed by atoms with van der Waals surface area (Å²) in [5.74, 6) is 2.40. The van der Waals surface area contributed by atoms with E-state index in [2.05, 4.69) is 20.6 Å². The smallest absolute Gasteiger partial charge is 0.182 e. The number of nitrogens with one attached hydrogen (secondary N) is 2. The van der Waals surface area contributed by atoms with Gasteiger partial charge in [-0.05, 0) is 19.1 Å². The predicted octanol–water partition coefficient (Wildman–Crippen LogP) is 2.43. The molecule has 0 bridgehead atoms. The standard InChI is InChI=1S/C13H13N5O/c1-9-16-12(15-8-14)7-13(17-9)18-10-4-3-5-11(6-10)19-2/h3-7H,1-2H3,(H2,15,16,17,18).